The molecule has 1 aliphatic rings. The van der Waals surface area contributed by atoms with Crippen molar-refractivity contribution in [1.82, 2.24) is 24.8 Å². The molecule has 208 valence electrons. The summed E-state index contributed by atoms with van der Waals surface area (Å²) in [6.07, 6.45) is -4.00. The van der Waals surface area contributed by atoms with Crippen molar-refractivity contribution in [2.75, 3.05) is 30.3 Å². The molecule has 1 aromatic carbocycles. The van der Waals surface area contributed by atoms with Gasteiger partial charge in [-0.3, -0.25) is 9.59 Å². The van der Waals surface area contributed by atoms with Crippen LogP contribution in [0, 0.1) is 18.6 Å². The predicted molar refractivity (Wildman–Crippen MR) is 134 cm³/mol. The zero-order valence-corrected chi connectivity index (χ0v) is 21.4. The molecule has 3 N–H and O–H groups in total. The number of rotatable bonds is 8. The van der Waals surface area contributed by atoms with Crippen molar-refractivity contribution in [1.29, 1.82) is 0 Å². The number of aromatic nitrogens is 3. The summed E-state index contributed by atoms with van der Waals surface area (Å²) in [5.74, 6) is -2.96. The van der Waals surface area contributed by atoms with Gasteiger partial charge < -0.3 is 20.9 Å². The maximum absolute atomic E-state index is 13.5. The molecule has 2 aromatic heterocycles. The highest BCUT2D eigenvalue weighted by Crippen LogP contribution is 2.28. The van der Waals surface area contributed by atoms with Gasteiger partial charge in [0.2, 0.25) is 0 Å². The van der Waals surface area contributed by atoms with Crippen molar-refractivity contribution in [2.45, 2.75) is 38.4 Å². The van der Waals surface area contributed by atoms with Crippen LogP contribution in [0.4, 0.5) is 38.5 Å². The smallest absolute Gasteiger partial charge is 0.348 e. The Labute approximate surface area is 224 Å². The summed E-state index contributed by atoms with van der Waals surface area (Å²) in [7, 11) is 0. The SMILES string of the molecule is Cc1nsc(Nc2ccc(C(=O)NC3CCN(CCC(F)(F)F)CC3)nn2)c1C(=O)Nc1ccc(F)c(F)c1. The lowest BCUT2D eigenvalue weighted by Crippen LogP contribution is -2.45. The third-order valence-corrected chi connectivity index (χ3v) is 6.89. The fourth-order valence-electron chi connectivity index (χ4n) is 3.97. The first-order valence-electron chi connectivity index (χ1n) is 11.9. The number of carbonyl (C=O) groups excluding carboxylic acids is 2. The van der Waals surface area contributed by atoms with E-state index < -0.39 is 36.0 Å². The molecular weight excluding hydrogens is 545 g/mol. The molecule has 3 heterocycles. The highest BCUT2D eigenvalue weighted by Gasteiger charge is 2.29. The number of hydrogen-bond acceptors (Lipinski definition) is 8. The monoisotopic (exact) mass is 569 g/mol. The topological polar surface area (TPSA) is 112 Å². The Morgan fingerprint density at radius 3 is 2.44 bits per heavy atom. The first-order chi connectivity index (χ1) is 18.5. The second-order valence-corrected chi connectivity index (χ2v) is 9.71. The maximum atomic E-state index is 13.5. The van der Waals surface area contributed by atoms with Crippen LogP contribution in [-0.2, 0) is 0 Å². The Balaban J connectivity index is 1.32. The number of halogens is 5. The minimum absolute atomic E-state index is 0.0526. The van der Waals surface area contributed by atoms with Crippen LogP contribution in [0.5, 0.6) is 0 Å². The van der Waals surface area contributed by atoms with Crippen LogP contribution < -0.4 is 16.0 Å². The molecule has 0 spiro atoms. The van der Waals surface area contributed by atoms with Crippen LogP contribution in [-0.4, -0.2) is 63.1 Å². The molecule has 0 aliphatic carbocycles. The molecule has 39 heavy (non-hydrogen) atoms. The van der Waals surface area contributed by atoms with Crippen molar-refractivity contribution >= 4 is 39.9 Å². The quantitative estimate of drug-likeness (QED) is 0.338. The maximum Gasteiger partial charge on any atom is 0.390 e. The van der Waals surface area contributed by atoms with Crippen LogP contribution in [0.1, 0.15) is 45.8 Å². The molecule has 1 aliphatic heterocycles. The second-order valence-electron chi connectivity index (χ2n) is 8.94. The Bertz CT molecular complexity index is 1330. The Hall–Kier alpha value is -3.72. The van der Waals surface area contributed by atoms with E-state index in [0.29, 0.717) is 36.6 Å². The lowest BCUT2D eigenvalue weighted by molar-refractivity contribution is -0.138. The molecule has 15 heteroatoms. The molecule has 4 rings (SSSR count). The van der Waals surface area contributed by atoms with Gasteiger partial charge in [0.05, 0.1) is 17.7 Å². The minimum atomic E-state index is -4.19. The van der Waals surface area contributed by atoms with Gasteiger partial charge in [0.25, 0.3) is 11.8 Å². The number of aryl methyl sites for hydroxylation is 1. The summed E-state index contributed by atoms with van der Waals surface area (Å²) in [5.41, 5.74) is 0.695. The van der Waals surface area contributed by atoms with E-state index in [2.05, 4.69) is 30.5 Å². The number of nitrogens with zero attached hydrogens (tertiary/aromatic N) is 4. The molecule has 1 saturated heterocycles. The number of anilines is 3. The van der Waals surface area contributed by atoms with Gasteiger partial charge in [-0.25, -0.2) is 8.78 Å². The van der Waals surface area contributed by atoms with Crippen LogP contribution in [0.3, 0.4) is 0 Å². The van der Waals surface area contributed by atoms with Gasteiger partial charge in [-0.05, 0) is 55.6 Å². The molecule has 1 fully saturated rings. The lowest BCUT2D eigenvalue weighted by atomic mass is 10.0. The molecule has 0 saturated carbocycles. The molecular formula is C24H24F5N7O2S. The van der Waals surface area contributed by atoms with Gasteiger partial charge >= 0.3 is 6.18 Å². The van der Waals surface area contributed by atoms with Crippen LogP contribution in [0.15, 0.2) is 30.3 Å². The average molecular weight is 570 g/mol. The summed E-state index contributed by atoms with van der Waals surface area (Å²) in [4.78, 5) is 27.1. The highest BCUT2D eigenvalue weighted by molar-refractivity contribution is 7.10. The summed E-state index contributed by atoms with van der Waals surface area (Å²) < 4.78 is 68.1. The van der Waals surface area contributed by atoms with E-state index in [9.17, 15) is 31.5 Å². The lowest BCUT2D eigenvalue weighted by Gasteiger charge is -2.32. The Morgan fingerprint density at radius 2 is 1.79 bits per heavy atom. The van der Waals surface area contributed by atoms with E-state index in [-0.39, 0.29) is 35.3 Å². The van der Waals surface area contributed by atoms with Crippen molar-refractivity contribution in [3.05, 3.63) is 58.9 Å². The molecule has 0 atom stereocenters. The first-order valence-corrected chi connectivity index (χ1v) is 12.7. The van der Waals surface area contributed by atoms with E-state index in [0.717, 1.165) is 23.7 Å². The normalized spacial score (nSPS) is 14.7. The molecule has 0 radical (unpaired) electrons. The minimum Gasteiger partial charge on any atom is -0.348 e. The summed E-state index contributed by atoms with van der Waals surface area (Å²) >= 11 is 0.985. The van der Waals surface area contributed by atoms with Crippen molar-refractivity contribution < 1.29 is 31.5 Å². The van der Waals surface area contributed by atoms with E-state index >= 15 is 0 Å². The number of amides is 2. The van der Waals surface area contributed by atoms with E-state index in [1.165, 1.54) is 18.2 Å². The zero-order valence-electron chi connectivity index (χ0n) is 20.6. The van der Waals surface area contributed by atoms with Gasteiger partial charge in [0, 0.05) is 37.4 Å². The van der Waals surface area contributed by atoms with Crippen molar-refractivity contribution in [3.63, 3.8) is 0 Å². The number of hydrogen-bond donors (Lipinski definition) is 3. The third-order valence-electron chi connectivity index (χ3n) is 6.04. The first kappa shape index (κ1) is 28.3. The van der Waals surface area contributed by atoms with Crippen molar-refractivity contribution in [3.8, 4) is 0 Å². The van der Waals surface area contributed by atoms with Crippen LogP contribution in [0.2, 0.25) is 0 Å². The van der Waals surface area contributed by atoms with Gasteiger partial charge in [0.1, 0.15) is 5.00 Å². The molecule has 0 bridgehead atoms. The second kappa shape index (κ2) is 12.0. The van der Waals surface area contributed by atoms with Crippen LogP contribution in [0.25, 0.3) is 0 Å². The van der Waals surface area contributed by atoms with Crippen molar-refractivity contribution in [2.24, 2.45) is 0 Å². The number of alkyl halides is 3. The number of nitrogens with one attached hydrogen (secondary N) is 3. The number of benzene rings is 1. The fourth-order valence-corrected chi connectivity index (χ4v) is 4.77. The molecule has 0 unspecified atom stereocenters. The Morgan fingerprint density at radius 1 is 1.05 bits per heavy atom. The van der Waals surface area contributed by atoms with Gasteiger partial charge in [-0.1, -0.05) is 0 Å². The fraction of sp³-hybridized carbons (Fsp3) is 0.375. The zero-order chi connectivity index (χ0) is 28.2. The van der Waals surface area contributed by atoms with Crippen LogP contribution >= 0.6 is 11.5 Å². The van der Waals surface area contributed by atoms with E-state index in [1.807, 2.05) is 0 Å². The standard InChI is InChI=1S/C24H24F5N7O2S/c1-13-20(22(38)31-15-2-3-16(25)17(26)12-15)23(39-35-13)32-19-5-4-18(33-34-19)21(37)30-14-6-9-36(10-7-14)11-8-24(27,28)29/h2-5,12,14H,6-11H2,1H3,(H,30,37)(H,31,38)(H,32,34). The van der Waals surface area contributed by atoms with E-state index in [4.69, 9.17) is 0 Å². The number of likely N-dealkylation sites (tertiary alicyclic amines) is 1. The summed E-state index contributed by atoms with van der Waals surface area (Å²) in [5, 5.41) is 16.5. The predicted octanol–water partition coefficient (Wildman–Crippen LogP) is 4.66. The Kier molecular flexibility index (Phi) is 8.70. The largest absolute Gasteiger partial charge is 0.390 e. The van der Waals surface area contributed by atoms with E-state index in [1.54, 1.807) is 11.8 Å². The summed E-state index contributed by atoms with van der Waals surface area (Å²) in [6, 6.07) is 5.74. The van der Waals surface area contributed by atoms with Gasteiger partial charge in [-0.2, -0.15) is 17.5 Å². The number of piperidine rings is 1. The number of carbonyl (C=O) groups is 2. The highest BCUT2D eigenvalue weighted by atomic mass is 32.1. The molecule has 2 amide bonds. The third kappa shape index (κ3) is 7.66. The van der Waals surface area contributed by atoms with Gasteiger partial charge in [-0.15, -0.1) is 10.2 Å². The average Bonchev–Trinajstić information content (AvgIpc) is 3.25. The molecule has 3 aromatic rings. The van der Waals surface area contributed by atoms with Gasteiger partial charge in [0.15, 0.2) is 23.1 Å². The summed E-state index contributed by atoms with van der Waals surface area (Å²) in [6.45, 7) is 2.46. The molecule has 9 nitrogen and oxygen atoms in total.